The molecule has 0 heterocycles. The van der Waals surface area contributed by atoms with Gasteiger partial charge in [-0.05, 0) is 5.92 Å². The number of carboxylic acids is 1. The van der Waals surface area contributed by atoms with Crippen LogP contribution in [0, 0.1) is 5.92 Å². The van der Waals surface area contributed by atoms with Gasteiger partial charge in [-0.3, -0.25) is 9.59 Å². The van der Waals surface area contributed by atoms with Crippen molar-refractivity contribution in [2.24, 2.45) is 11.7 Å². The maximum Gasteiger partial charge on any atom is 0.312 e. The first-order valence-electron chi connectivity index (χ1n) is 5.44. The first-order chi connectivity index (χ1) is 7.88. The predicted octanol–water partition coefficient (Wildman–Crippen LogP) is -0.340. The number of carboxylic acid groups (broad SMARTS) is 1. The Morgan fingerprint density at radius 3 is 2.35 bits per heavy atom. The van der Waals surface area contributed by atoms with E-state index < -0.39 is 23.9 Å². The van der Waals surface area contributed by atoms with Gasteiger partial charge < -0.3 is 21.5 Å². The van der Waals surface area contributed by atoms with Gasteiger partial charge in [0.2, 0.25) is 5.91 Å². The lowest BCUT2D eigenvalue weighted by Gasteiger charge is -2.22. The normalized spacial score (nSPS) is 13.5. The minimum Gasteiger partial charge on any atom is -0.481 e. The van der Waals surface area contributed by atoms with E-state index >= 15 is 0 Å². The molecule has 98 valence electrons. The molecule has 0 saturated carbocycles. The molecule has 0 aliphatic rings. The molecule has 0 spiro atoms. The molecule has 0 bridgehead atoms. The van der Waals surface area contributed by atoms with E-state index in [1.54, 1.807) is 6.92 Å². The number of amides is 3. The summed E-state index contributed by atoms with van der Waals surface area (Å²) in [5, 5.41) is 13.2. The highest BCUT2D eigenvalue weighted by Crippen LogP contribution is 2.07. The molecule has 7 heteroatoms. The zero-order chi connectivity index (χ0) is 13.4. The molecule has 0 aliphatic heterocycles. The number of urea groups is 1. The molecule has 0 radical (unpaired) electrons. The van der Waals surface area contributed by atoms with Crippen LogP contribution in [0.3, 0.4) is 0 Å². The van der Waals surface area contributed by atoms with Crippen LogP contribution in [0.15, 0.2) is 0 Å². The number of nitrogens with two attached hydrogens (primary N) is 1. The van der Waals surface area contributed by atoms with E-state index in [0.29, 0.717) is 6.42 Å². The van der Waals surface area contributed by atoms with Gasteiger partial charge in [0.25, 0.3) is 0 Å². The van der Waals surface area contributed by atoms with Gasteiger partial charge in [0, 0.05) is 6.54 Å². The number of carbonyl (C=O) groups is 3. The number of nitrogens with one attached hydrogen (secondary N) is 2. The Hall–Kier alpha value is -1.79. The summed E-state index contributed by atoms with van der Waals surface area (Å²) >= 11 is 0. The number of rotatable bonds is 7. The van der Waals surface area contributed by atoms with Crippen LogP contribution in [-0.2, 0) is 9.59 Å². The Bertz CT molecular complexity index is 293. The molecular formula is C10H19N3O4. The largest absolute Gasteiger partial charge is 0.481 e. The van der Waals surface area contributed by atoms with Crippen LogP contribution in [0.5, 0.6) is 0 Å². The third-order valence-corrected chi connectivity index (χ3v) is 2.43. The van der Waals surface area contributed by atoms with E-state index in [2.05, 4.69) is 10.6 Å². The number of hydrogen-bond donors (Lipinski definition) is 4. The van der Waals surface area contributed by atoms with E-state index in [0.717, 1.165) is 0 Å². The van der Waals surface area contributed by atoms with Crippen LogP contribution in [0.2, 0.25) is 0 Å². The van der Waals surface area contributed by atoms with Crippen LogP contribution < -0.4 is 16.4 Å². The van der Waals surface area contributed by atoms with E-state index in [4.69, 9.17) is 10.8 Å². The molecule has 2 unspecified atom stereocenters. The SMILES string of the molecule is CCC(C)C(NC(N)=O)C(=O)NCCC(=O)O. The molecule has 2 atom stereocenters. The van der Waals surface area contributed by atoms with Gasteiger partial charge in [-0.15, -0.1) is 0 Å². The second-order valence-corrected chi connectivity index (χ2v) is 3.81. The van der Waals surface area contributed by atoms with E-state index in [-0.39, 0.29) is 18.9 Å². The first-order valence-corrected chi connectivity index (χ1v) is 5.44. The van der Waals surface area contributed by atoms with Crippen molar-refractivity contribution in [3.63, 3.8) is 0 Å². The molecule has 0 fully saturated rings. The fraction of sp³-hybridized carbons (Fsp3) is 0.700. The molecule has 0 aromatic carbocycles. The van der Waals surface area contributed by atoms with Crippen molar-refractivity contribution >= 4 is 17.9 Å². The third-order valence-electron chi connectivity index (χ3n) is 2.43. The van der Waals surface area contributed by atoms with Crippen LogP contribution in [0.4, 0.5) is 4.79 Å². The minimum absolute atomic E-state index is 0.0293. The summed E-state index contributed by atoms with van der Waals surface area (Å²) in [6, 6.07) is -1.50. The standard InChI is InChI=1S/C10H19N3O4/c1-3-6(2)8(13-10(11)17)9(16)12-5-4-7(14)15/h6,8H,3-5H2,1-2H3,(H,12,16)(H,14,15)(H3,11,13,17). The van der Waals surface area contributed by atoms with Crippen LogP contribution in [0.25, 0.3) is 0 Å². The van der Waals surface area contributed by atoms with Crippen molar-refractivity contribution in [3.05, 3.63) is 0 Å². The fourth-order valence-electron chi connectivity index (χ4n) is 1.26. The molecule has 0 aromatic heterocycles. The van der Waals surface area contributed by atoms with E-state index in [1.807, 2.05) is 6.92 Å². The van der Waals surface area contributed by atoms with E-state index in [9.17, 15) is 14.4 Å². The Morgan fingerprint density at radius 2 is 1.94 bits per heavy atom. The second-order valence-electron chi connectivity index (χ2n) is 3.81. The highest BCUT2D eigenvalue weighted by Gasteiger charge is 2.24. The Labute approximate surface area is 99.7 Å². The van der Waals surface area contributed by atoms with Gasteiger partial charge in [0.05, 0.1) is 6.42 Å². The molecular weight excluding hydrogens is 226 g/mol. The molecule has 0 rings (SSSR count). The quantitative estimate of drug-likeness (QED) is 0.490. The highest BCUT2D eigenvalue weighted by molar-refractivity contribution is 5.87. The fourth-order valence-corrected chi connectivity index (χ4v) is 1.26. The molecule has 0 aromatic rings. The van der Waals surface area contributed by atoms with Crippen molar-refractivity contribution < 1.29 is 19.5 Å². The lowest BCUT2D eigenvalue weighted by atomic mass is 9.98. The van der Waals surface area contributed by atoms with Gasteiger partial charge in [0.15, 0.2) is 0 Å². The Morgan fingerprint density at radius 1 is 1.35 bits per heavy atom. The lowest BCUT2D eigenvalue weighted by molar-refractivity contribution is -0.137. The average Bonchev–Trinajstić information content (AvgIpc) is 2.23. The molecule has 5 N–H and O–H groups in total. The number of carbonyl (C=O) groups excluding carboxylic acids is 2. The lowest BCUT2D eigenvalue weighted by Crippen LogP contribution is -2.52. The molecule has 3 amide bonds. The predicted molar refractivity (Wildman–Crippen MR) is 61.2 cm³/mol. The van der Waals surface area contributed by atoms with Crippen molar-refractivity contribution in [2.45, 2.75) is 32.7 Å². The van der Waals surface area contributed by atoms with Crippen LogP contribution >= 0.6 is 0 Å². The van der Waals surface area contributed by atoms with Gasteiger partial charge in [0.1, 0.15) is 6.04 Å². The van der Waals surface area contributed by atoms with Crippen LogP contribution in [0.1, 0.15) is 26.7 Å². The summed E-state index contributed by atoms with van der Waals surface area (Å²) in [5.74, 6) is -1.49. The maximum atomic E-state index is 11.7. The van der Waals surface area contributed by atoms with E-state index in [1.165, 1.54) is 0 Å². The molecule has 7 nitrogen and oxygen atoms in total. The highest BCUT2D eigenvalue weighted by atomic mass is 16.4. The zero-order valence-electron chi connectivity index (χ0n) is 10.0. The molecule has 0 aliphatic carbocycles. The average molecular weight is 245 g/mol. The minimum atomic E-state index is -0.992. The Kier molecular flexibility index (Phi) is 6.69. The first kappa shape index (κ1) is 15.2. The van der Waals surface area contributed by atoms with Crippen molar-refractivity contribution in [1.29, 1.82) is 0 Å². The summed E-state index contributed by atoms with van der Waals surface area (Å²) in [5.41, 5.74) is 4.98. The van der Waals surface area contributed by atoms with Crippen molar-refractivity contribution in [3.8, 4) is 0 Å². The molecule has 17 heavy (non-hydrogen) atoms. The van der Waals surface area contributed by atoms with Gasteiger partial charge in [-0.1, -0.05) is 20.3 Å². The van der Waals surface area contributed by atoms with Crippen molar-refractivity contribution in [1.82, 2.24) is 10.6 Å². The summed E-state index contributed by atoms with van der Waals surface area (Å²) < 4.78 is 0. The Balaban J connectivity index is 4.32. The summed E-state index contributed by atoms with van der Waals surface area (Å²) in [6.07, 6.45) is 0.535. The number of primary amides is 1. The van der Waals surface area contributed by atoms with Crippen LogP contribution in [-0.4, -0.2) is 35.6 Å². The topological polar surface area (TPSA) is 122 Å². The second kappa shape index (κ2) is 7.48. The van der Waals surface area contributed by atoms with Gasteiger partial charge in [-0.2, -0.15) is 0 Å². The number of hydrogen-bond acceptors (Lipinski definition) is 3. The summed E-state index contributed by atoms with van der Waals surface area (Å²) in [4.78, 5) is 32.7. The summed E-state index contributed by atoms with van der Waals surface area (Å²) in [7, 11) is 0. The van der Waals surface area contributed by atoms with Crippen molar-refractivity contribution in [2.75, 3.05) is 6.54 Å². The van der Waals surface area contributed by atoms with Gasteiger partial charge in [-0.25, -0.2) is 4.79 Å². The monoisotopic (exact) mass is 245 g/mol. The summed E-state index contributed by atoms with van der Waals surface area (Å²) in [6.45, 7) is 3.71. The molecule has 0 saturated heterocycles. The smallest absolute Gasteiger partial charge is 0.312 e. The maximum absolute atomic E-state index is 11.7. The number of aliphatic carboxylic acids is 1. The zero-order valence-corrected chi connectivity index (χ0v) is 10.0. The third kappa shape index (κ3) is 6.39. The van der Waals surface area contributed by atoms with Gasteiger partial charge >= 0.3 is 12.0 Å².